The first-order valence-corrected chi connectivity index (χ1v) is 9.03. The molecule has 1 saturated heterocycles. The monoisotopic (exact) mass is 342 g/mol. The van der Waals surface area contributed by atoms with Gasteiger partial charge in [0.15, 0.2) is 0 Å². The number of rotatable bonds is 3. The van der Waals surface area contributed by atoms with Crippen LogP contribution in [0.4, 0.5) is 10.3 Å². The summed E-state index contributed by atoms with van der Waals surface area (Å²) in [4.78, 5) is 24.5. The van der Waals surface area contributed by atoms with Crippen LogP contribution in [0, 0.1) is 5.82 Å². The lowest BCUT2D eigenvalue weighted by molar-refractivity contribution is 0.237. The van der Waals surface area contributed by atoms with Crippen molar-refractivity contribution in [1.82, 2.24) is 14.9 Å². The Hall–Kier alpha value is -2.21. The third-order valence-electron chi connectivity index (χ3n) is 5.15. The molecule has 1 aromatic heterocycles. The van der Waals surface area contributed by atoms with Gasteiger partial charge in [0.2, 0.25) is 5.95 Å². The van der Waals surface area contributed by atoms with E-state index >= 15 is 0 Å². The van der Waals surface area contributed by atoms with Gasteiger partial charge in [-0.1, -0.05) is 18.2 Å². The minimum atomic E-state index is -0.179. The number of hydrogen-bond donors (Lipinski definition) is 1. The lowest BCUT2D eigenvalue weighted by Gasteiger charge is -2.31. The molecule has 1 fully saturated rings. The van der Waals surface area contributed by atoms with Crippen LogP contribution in [0.25, 0.3) is 0 Å². The summed E-state index contributed by atoms with van der Waals surface area (Å²) in [5, 5.41) is 0. The van der Waals surface area contributed by atoms with E-state index in [0.717, 1.165) is 43.7 Å². The van der Waals surface area contributed by atoms with Gasteiger partial charge in [-0.15, -0.1) is 0 Å². The van der Waals surface area contributed by atoms with E-state index in [2.05, 4.69) is 14.8 Å². The number of nitrogens with one attached hydrogen (secondary N) is 1. The second-order valence-corrected chi connectivity index (χ2v) is 6.91. The fourth-order valence-electron chi connectivity index (χ4n) is 3.74. The van der Waals surface area contributed by atoms with Crippen LogP contribution in [0.1, 0.15) is 36.1 Å². The summed E-state index contributed by atoms with van der Waals surface area (Å²) >= 11 is 0. The Morgan fingerprint density at radius 1 is 1.12 bits per heavy atom. The number of nitrogens with zero attached hydrogens (tertiary/aromatic N) is 3. The lowest BCUT2D eigenvalue weighted by Crippen LogP contribution is -2.38. The van der Waals surface area contributed by atoms with Crippen LogP contribution in [0.2, 0.25) is 0 Å². The molecular formula is C19H23FN4O. The Labute approximate surface area is 146 Å². The van der Waals surface area contributed by atoms with E-state index in [1.165, 1.54) is 12.5 Å². The van der Waals surface area contributed by atoms with Crippen molar-refractivity contribution in [2.75, 3.05) is 24.5 Å². The van der Waals surface area contributed by atoms with Crippen molar-refractivity contribution in [3.8, 4) is 0 Å². The summed E-state index contributed by atoms with van der Waals surface area (Å²) in [7, 11) is 0. The molecule has 6 heteroatoms. The average molecular weight is 342 g/mol. The molecule has 0 saturated carbocycles. The summed E-state index contributed by atoms with van der Waals surface area (Å²) < 4.78 is 13.9. The molecule has 0 radical (unpaired) electrons. The molecule has 4 rings (SSSR count). The summed E-state index contributed by atoms with van der Waals surface area (Å²) in [6.07, 6.45) is 4.18. The van der Waals surface area contributed by atoms with Crippen molar-refractivity contribution in [3.05, 3.63) is 57.3 Å². The molecule has 3 heterocycles. The van der Waals surface area contributed by atoms with Crippen molar-refractivity contribution in [2.45, 2.75) is 38.8 Å². The van der Waals surface area contributed by atoms with E-state index in [1.807, 2.05) is 12.1 Å². The highest BCUT2D eigenvalue weighted by Crippen LogP contribution is 2.21. The van der Waals surface area contributed by atoms with Crippen molar-refractivity contribution in [2.24, 2.45) is 0 Å². The molecule has 5 nitrogen and oxygen atoms in total. The molecule has 0 unspecified atom stereocenters. The lowest BCUT2D eigenvalue weighted by atomic mass is 10.1. The number of aromatic amines is 1. The van der Waals surface area contributed by atoms with Crippen molar-refractivity contribution in [1.29, 1.82) is 0 Å². The van der Waals surface area contributed by atoms with Crippen molar-refractivity contribution in [3.63, 3.8) is 0 Å². The van der Waals surface area contributed by atoms with Crippen LogP contribution in [0.3, 0.4) is 0 Å². The number of fused-ring (bicyclic) bond motifs is 1. The van der Waals surface area contributed by atoms with E-state index < -0.39 is 0 Å². The zero-order valence-corrected chi connectivity index (χ0v) is 14.3. The van der Waals surface area contributed by atoms with Gasteiger partial charge in [-0.25, -0.2) is 9.37 Å². The first-order chi connectivity index (χ1) is 12.2. The van der Waals surface area contributed by atoms with Crippen LogP contribution >= 0.6 is 0 Å². The van der Waals surface area contributed by atoms with Gasteiger partial charge in [-0.2, -0.15) is 0 Å². The van der Waals surface area contributed by atoms with Gasteiger partial charge < -0.3 is 4.90 Å². The molecule has 0 bridgehead atoms. The van der Waals surface area contributed by atoms with Crippen LogP contribution in [-0.4, -0.2) is 34.5 Å². The molecule has 2 aliphatic heterocycles. The predicted octanol–water partition coefficient (Wildman–Crippen LogP) is 2.46. The zero-order valence-electron chi connectivity index (χ0n) is 14.3. The van der Waals surface area contributed by atoms with Crippen LogP contribution in [-0.2, 0) is 19.5 Å². The van der Waals surface area contributed by atoms with E-state index in [-0.39, 0.29) is 11.4 Å². The third-order valence-corrected chi connectivity index (χ3v) is 5.15. The van der Waals surface area contributed by atoms with Gasteiger partial charge in [-0.05, 0) is 31.7 Å². The Balaban J connectivity index is 1.56. The molecule has 2 aromatic rings. The smallest absolute Gasteiger partial charge is 0.255 e. The molecule has 1 N–H and O–H groups in total. The van der Waals surface area contributed by atoms with Gasteiger partial charge in [0.1, 0.15) is 5.82 Å². The standard InChI is InChI=1S/C19H23FN4O/c20-16-7-3-2-6-14(16)12-23-11-8-15-17(13-23)21-19(22-18(15)25)24-9-4-1-5-10-24/h2-3,6-7H,1,4-5,8-13H2,(H,21,22,25). The zero-order chi connectivity index (χ0) is 17.2. The number of hydrogen-bond acceptors (Lipinski definition) is 4. The number of aromatic nitrogens is 2. The number of anilines is 1. The van der Waals surface area contributed by atoms with E-state index in [0.29, 0.717) is 31.0 Å². The summed E-state index contributed by atoms with van der Waals surface area (Å²) in [5.74, 6) is 0.511. The minimum absolute atomic E-state index is 0.0175. The average Bonchev–Trinajstić information content (AvgIpc) is 2.64. The highest BCUT2D eigenvalue weighted by atomic mass is 19.1. The molecular weight excluding hydrogens is 319 g/mol. The van der Waals surface area contributed by atoms with Gasteiger partial charge in [0, 0.05) is 43.9 Å². The maximum absolute atomic E-state index is 13.9. The predicted molar refractivity (Wildman–Crippen MR) is 95.1 cm³/mol. The second kappa shape index (κ2) is 6.96. The van der Waals surface area contributed by atoms with Gasteiger partial charge in [-0.3, -0.25) is 14.7 Å². The summed E-state index contributed by atoms with van der Waals surface area (Å²) in [6, 6.07) is 6.87. The Bertz CT molecular complexity index is 813. The maximum Gasteiger partial charge on any atom is 0.255 e. The minimum Gasteiger partial charge on any atom is -0.342 e. The molecule has 132 valence electrons. The molecule has 0 atom stereocenters. The van der Waals surface area contributed by atoms with Gasteiger partial charge in [0.05, 0.1) is 5.69 Å². The molecule has 2 aliphatic rings. The van der Waals surface area contributed by atoms with Crippen LogP contribution in [0.5, 0.6) is 0 Å². The Kier molecular flexibility index (Phi) is 4.53. The molecule has 0 spiro atoms. The fourth-order valence-corrected chi connectivity index (χ4v) is 3.74. The topological polar surface area (TPSA) is 52.2 Å². The molecule has 0 aliphatic carbocycles. The van der Waals surface area contributed by atoms with Crippen molar-refractivity contribution >= 4 is 5.95 Å². The highest BCUT2D eigenvalue weighted by molar-refractivity contribution is 5.34. The quantitative estimate of drug-likeness (QED) is 0.931. The van der Waals surface area contributed by atoms with Crippen molar-refractivity contribution < 1.29 is 4.39 Å². The van der Waals surface area contributed by atoms with E-state index in [4.69, 9.17) is 4.98 Å². The highest BCUT2D eigenvalue weighted by Gasteiger charge is 2.23. The van der Waals surface area contributed by atoms with Crippen LogP contribution < -0.4 is 10.5 Å². The van der Waals surface area contributed by atoms with E-state index in [9.17, 15) is 9.18 Å². The molecule has 25 heavy (non-hydrogen) atoms. The third kappa shape index (κ3) is 3.44. The van der Waals surface area contributed by atoms with Crippen LogP contribution in [0.15, 0.2) is 29.1 Å². The van der Waals surface area contributed by atoms with Gasteiger partial charge in [0.25, 0.3) is 5.56 Å². The number of H-pyrrole nitrogens is 1. The summed E-state index contributed by atoms with van der Waals surface area (Å²) in [6.45, 7) is 3.77. The maximum atomic E-state index is 13.9. The number of piperidine rings is 1. The normalized spacial score (nSPS) is 18.2. The number of benzene rings is 1. The largest absolute Gasteiger partial charge is 0.342 e. The summed E-state index contributed by atoms with van der Waals surface area (Å²) in [5.41, 5.74) is 2.29. The van der Waals surface area contributed by atoms with Gasteiger partial charge >= 0.3 is 0 Å². The first kappa shape index (κ1) is 16.3. The number of halogens is 1. The Morgan fingerprint density at radius 2 is 1.92 bits per heavy atom. The molecule has 0 amide bonds. The SMILES string of the molecule is O=c1[nH]c(N2CCCCC2)nc2c1CCN(Cc1ccccc1F)C2. The Morgan fingerprint density at radius 3 is 2.72 bits per heavy atom. The second-order valence-electron chi connectivity index (χ2n) is 6.91. The first-order valence-electron chi connectivity index (χ1n) is 9.03. The molecule has 1 aromatic carbocycles. The van der Waals surface area contributed by atoms with E-state index in [1.54, 1.807) is 6.07 Å². The fraction of sp³-hybridized carbons (Fsp3) is 0.474.